The molecule has 0 spiro atoms. The van der Waals surface area contributed by atoms with Crippen molar-refractivity contribution in [3.05, 3.63) is 0 Å². The highest BCUT2D eigenvalue weighted by atomic mass is 16.4. The normalized spacial score (nSPS) is 20.2. The van der Waals surface area contributed by atoms with Gasteiger partial charge in [-0.1, -0.05) is 0 Å². The third kappa shape index (κ3) is 3.61. The van der Waals surface area contributed by atoms with E-state index in [0.717, 1.165) is 12.5 Å². The second-order valence-electron chi connectivity index (χ2n) is 6.23. The van der Waals surface area contributed by atoms with Gasteiger partial charge in [-0.05, 0) is 50.9 Å². The maximum absolute atomic E-state index is 12.1. The van der Waals surface area contributed by atoms with Crippen LogP contribution in [0, 0.1) is 11.3 Å². The number of carbonyl (C=O) groups is 2. The molecule has 2 amide bonds. The number of amides is 2. The molecule has 19 heavy (non-hydrogen) atoms. The van der Waals surface area contributed by atoms with E-state index in [-0.39, 0.29) is 25.0 Å². The van der Waals surface area contributed by atoms with E-state index in [9.17, 15) is 9.59 Å². The van der Waals surface area contributed by atoms with Crippen molar-refractivity contribution >= 4 is 12.0 Å². The smallest absolute Gasteiger partial charge is 0.317 e. The summed E-state index contributed by atoms with van der Waals surface area (Å²) in [7, 11) is 0. The summed E-state index contributed by atoms with van der Waals surface area (Å²) in [6.07, 6.45) is 5.08. The molecule has 0 aromatic rings. The third-order valence-corrected chi connectivity index (χ3v) is 4.38. The number of nitrogens with zero attached hydrogens (tertiary/aromatic N) is 1. The van der Waals surface area contributed by atoms with Gasteiger partial charge in [0.2, 0.25) is 0 Å². The van der Waals surface area contributed by atoms with Gasteiger partial charge in [-0.15, -0.1) is 0 Å². The van der Waals surface area contributed by atoms with Crippen LogP contribution in [0.5, 0.6) is 0 Å². The average molecular weight is 268 g/mol. The van der Waals surface area contributed by atoms with Gasteiger partial charge in [0.1, 0.15) is 0 Å². The van der Waals surface area contributed by atoms with Crippen LogP contribution in [0.4, 0.5) is 4.79 Å². The lowest BCUT2D eigenvalue weighted by molar-refractivity contribution is -0.137. The lowest BCUT2D eigenvalue weighted by Crippen LogP contribution is -2.46. The molecule has 2 aliphatic carbocycles. The van der Waals surface area contributed by atoms with Crippen LogP contribution in [0.1, 0.15) is 46.0 Å². The first-order valence-corrected chi connectivity index (χ1v) is 7.21. The van der Waals surface area contributed by atoms with Crippen LogP contribution >= 0.6 is 0 Å². The minimum absolute atomic E-state index is 0.000627. The van der Waals surface area contributed by atoms with E-state index in [2.05, 4.69) is 5.32 Å². The van der Waals surface area contributed by atoms with Crippen molar-refractivity contribution in [3.8, 4) is 0 Å². The molecule has 2 saturated carbocycles. The first-order valence-electron chi connectivity index (χ1n) is 7.21. The minimum atomic E-state index is -0.866. The summed E-state index contributed by atoms with van der Waals surface area (Å²) in [4.78, 5) is 24.4. The van der Waals surface area contributed by atoms with Gasteiger partial charge in [0.15, 0.2) is 0 Å². The molecule has 0 aromatic heterocycles. The van der Waals surface area contributed by atoms with Gasteiger partial charge >= 0.3 is 12.0 Å². The summed E-state index contributed by atoms with van der Waals surface area (Å²) in [6, 6.07) is -0.0985. The van der Waals surface area contributed by atoms with Crippen LogP contribution in [-0.4, -0.2) is 41.1 Å². The van der Waals surface area contributed by atoms with E-state index < -0.39 is 5.97 Å². The summed E-state index contributed by atoms with van der Waals surface area (Å²) in [5, 5.41) is 11.7. The molecule has 2 aliphatic rings. The van der Waals surface area contributed by atoms with Crippen molar-refractivity contribution in [1.29, 1.82) is 0 Å². The predicted molar refractivity (Wildman–Crippen MR) is 71.9 cm³/mol. The maximum atomic E-state index is 12.1. The fourth-order valence-corrected chi connectivity index (χ4v) is 2.75. The Kier molecular flexibility index (Phi) is 4.02. The Morgan fingerprint density at radius 3 is 2.42 bits per heavy atom. The number of urea groups is 1. The fraction of sp³-hybridized carbons (Fsp3) is 0.857. The molecule has 2 fully saturated rings. The molecule has 0 unspecified atom stereocenters. The van der Waals surface area contributed by atoms with Crippen LogP contribution < -0.4 is 5.32 Å². The molecule has 5 heteroatoms. The Hall–Kier alpha value is -1.26. The molecule has 2 rings (SSSR count). The quantitative estimate of drug-likeness (QED) is 0.742. The Balaban J connectivity index is 1.79. The minimum Gasteiger partial charge on any atom is -0.481 e. The van der Waals surface area contributed by atoms with E-state index >= 15 is 0 Å². The zero-order valence-electron chi connectivity index (χ0n) is 11.8. The summed E-state index contributed by atoms with van der Waals surface area (Å²) >= 11 is 0. The van der Waals surface area contributed by atoms with E-state index in [0.29, 0.717) is 5.41 Å². The number of aliphatic carboxylic acids is 1. The Morgan fingerprint density at radius 2 is 2.00 bits per heavy atom. The molecule has 2 N–H and O–H groups in total. The summed E-state index contributed by atoms with van der Waals surface area (Å²) in [6.45, 7) is 4.85. The van der Waals surface area contributed by atoms with Crippen molar-refractivity contribution in [2.45, 2.75) is 52.0 Å². The van der Waals surface area contributed by atoms with Crippen LogP contribution in [0.3, 0.4) is 0 Å². The zero-order valence-corrected chi connectivity index (χ0v) is 11.8. The number of rotatable bonds is 7. The number of hydrogen-bond donors (Lipinski definition) is 2. The van der Waals surface area contributed by atoms with Crippen molar-refractivity contribution < 1.29 is 14.7 Å². The molecule has 108 valence electrons. The molecular formula is C14H24N2O3. The summed E-state index contributed by atoms with van der Waals surface area (Å²) < 4.78 is 0. The SMILES string of the molecule is CC(C)N(CCC(=O)O)C(=O)NCC1(C2CC2)CC1. The number of nitrogens with one attached hydrogen (secondary N) is 1. The third-order valence-electron chi connectivity index (χ3n) is 4.38. The fourth-order valence-electron chi connectivity index (χ4n) is 2.75. The number of carbonyl (C=O) groups excluding carboxylic acids is 1. The van der Waals surface area contributed by atoms with E-state index in [4.69, 9.17) is 5.11 Å². The van der Waals surface area contributed by atoms with Gasteiger partial charge in [0, 0.05) is 19.1 Å². The van der Waals surface area contributed by atoms with E-state index in [1.807, 2.05) is 13.8 Å². The topological polar surface area (TPSA) is 69.6 Å². The first-order chi connectivity index (χ1) is 8.94. The van der Waals surface area contributed by atoms with Gasteiger partial charge in [0.25, 0.3) is 0 Å². The molecule has 0 aliphatic heterocycles. The largest absolute Gasteiger partial charge is 0.481 e. The summed E-state index contributed by atoms with van der Waals surface area (Å²) in [5.41, 5.74) is 0.380. The van der Waals surface area contributed by atoms with Crippen molar-refractivity contribution in [1.82, 2.24) is 10.2 Å². The highest BCUT2D eigenvalue weighted by molar-refractivity contribution is 5.75. The van der Waals surface area contributed by atoms with Crippen LogP contribution in [0.15, 0.2) is 0 Å². The monoisotopic (exact) mass is 268 g/mol. The van der Waals surface area contributed by atoms with E-state index in [1.54, 1.807) is 4.90 Å². The molecule has 0 bridgehead atoms. The zero-order chi connectivity index (χ0) is 14.0. The molecular weight excluding hydrogens is 244 g/mol. The van der Waals surface area contributed by atoms with Gasteiger partial charge < -0.3 is 15.3 Å². The number of hydrogen-bond acceptors (Lipinski definition) is 2. The number of carboxylic acids is 1. The van der Waals surface area contributed by atoms with E-state index in [1.165, 1.54) is 25.7 Å². The molecule has 0 aromatic carbocycles. The highest BCUT2D eigenvalue weighted by Gasteiger charge is 2.53. The lowest BCUT2D eigenvalue weighted by Gasteiger charge is -2.27. The maximum Gasteiger partial charge on any atom is 0.317 e. The van der Waals surface area contributed by atoms with Crippen molar-refractivity contribution in [2.75, 3.05) is 13.1 Å². The van der Waals surface area contributed by atoms with Gasteiger partial charge in [-0.3, -0.25) is 4.79 Å². The lowest BCUT2D eigenvalue weighted by atomic mass is 10.0. The van der Waals surface area contributed by atoms with Crippen LogP contribution in [0.2, 0.25) is 0 Å². The Labute approximate surface area is 114 Å². The summed E-state index contributed by atoms with van der Waals surface area (Å²) in [5.74, 6) is -0.0468. The molecule has 0 heterocycles. The molecule has 5 nitrogen and oxygen atoms in total. The Morgan fingerprint density at radius 1 is 1.37 bits per heavy atom. The van der Waals surface area contributed by atoms with Crippen molar-refractivity contribution in [3.63, 3.8) is 0 Å². The van der Waals surface area contributed by atoms with Crippen LogP contribution in [-0.2, 0) is 4.79 Å². The highest BCUT2D eigenvalue weighted by Crippen LogP contribution is 2.60. The molecule has 0 saturated heterocycles. The predicted octanol–water partition coefficient (Wildman–Crippen LogP) is 2.07. The molecule has 0 radical (unpaired) electrons. The number of carboxylic acid groups (broad SMARTS) is 1. The first kappa shape index (κ1) is 14.2. The van der Waals surface area contributed by atoms with Crippen LogP contribution in [0.25, 0.3) is 0 Å². The van der Waals surface area contributed by atoms with Gasteiger partial charge in [-0.25, -0.2) is 4.79 Å². The van der Waals surface area contributed by atoms with Gasteiger partial charge in [0.05, 0.1) is 6.42 Å². The second-order valence-corrected chi connectivity index (χ2v) is 6.23. The van der Waals surface area contributed by atoms with Crippen molar-refractivity contribution in [2.24, 2.45) is 11.3 Å². The Bertz CT molecular complexity index is 360. The standard InChI is InChI=1S/C14H24N2O3/c1-10(2)16(8-5-12(17)18)13(19)15-9-14(6-7-14)11-3-4-11/h10-11H,3-9H2,1-2H3,(H,15,19)(H,17,18). The van der Waals surface area contributed by atoms with Gasteiger partial charge in [-0.2, -0.15) is 0 Å². The second kappa shape index (κ2) is 5.39. The molecule has 0 atom stereocenters. The average Bonchev–Trinajstić information content (AvgIpc) is 3.17.